The van der Waals surface area contributed by atoms with E-state index in [0.29, 0.717) is 12.3 Å². The monoisotopic (exact) mass is 447 g/mol. The number of benzene rings is 2. The number of ketones is 1. The van der Waals surface area contributed by atoms with Gasteiger partial charge in [-0.05, 0) is 54.2 Å². The molecule has 32 heavy (non-hydrogen) atoms. The van der Waals surface area contributed by atoms with Gasteiger partial charge in [0.1, 0.15) is 17.4 Å². The van der Waals surface area contributed by atoms with E-state index < -0.39 is 0 Å². The first kappa shape index (κ1) is 29.9. The van der Waals surface area contributed by atoms with Crippen LogP contribution in [0.5, 0.6) is 0 Å². The molecule has 2 aromatic rings. The van der Waals surface area contributed by atoms with E-state index in [2.05, 4.69) is 34.6 Å². The van der Waals surface area contributed by atoms with Crippen molar-refractivity contribution in [3.05, 3.63) is 71.3 Å². The summed E-state index contributed by atoms with van der Waals surface area (Å²) in [5.74, 6) is 0.124. The highest BCUT2D eigenvalue weighted by atomic mass is 19.1. The van der Waals surface area contributed by atoms with Crippen LogP contribution in [-0.2, 0) is 10.2 Å². The summed E-state index contributed by atoms with van der Waals surface area (Å²) >= 11 is 0. The predicted molar refractivity (Wildman–Crippen MR) is 133 cm³/mol. The molecule has 0 saturated heterocycles. The van der Waals surface area contributed by atoms with Gasteiger partial charge in [0, 0.05) is 11.8 Å². The van der Waals surface area contributed by atoms with E-state index >= 15 is 0 Å². The minimum absolute atomic E-state index is 0.155. The number of rotatable bonds is 9. The fraction of sp³-hybridized carbons (Fsp3) is 0.536. The van der Waals surface area contributed by atoms with Gasteiger partial charge >= 0.3 is 0 Å². The van der Waals surface area contributed by atoms with Gasteiger partial charge in [0.05, 0.1) is 6.54 Å². The summed E-state index contributed by atoms with van der Waals surface area (Å²) in [7, 11) is 0. The number of nitrogens with two attached hydrogens (primary N) is 1. The van der Waals surface area contributed by atoms with Crippen molar-refractivity contribution in [2.24, 2.45) is 11.7 Å². The van der Waals surface area contributed by atoms with E-state index in [0.717, 1.165) is 36.8 Å². The maximum absolute atomic E-state index is 13.3. The lowest BCUT2D eigenvalue weighted by Gasteiger charge is -2.39. The van der Waals surface area contributed by atoms with Crippen LogP contribution < -0.4 is 5.73 Å². The van der Waals surface area contributed by atoms with Gasteiger partial charge in [-0.2, -0.15) is 0 Å². The Balaban J connectivity index is 0.000000809. The lowest BCUT2D eigenvalue weighted by Crippen LogP contribution is -2.33. The van der Waals surface area contributed by atoms with Crippen LogP contribution >= 0.6 is 0 Å². The summed E-state index contributed by atoms with van der Waals surface area (Å²) < 4.78 is 26.6. The van der Waals surface area contributed by atoms with E-state index in [4.69, 9.17) is 5.73 Å². The van der Waals surface area contributed by atoms with E-state index in [-0.39, 0.29) is 29.4 Å². The smallest absolute Gasteiger partial charge is 0.146 e. The number of Topliss-reactive ketones (excluding diaryl/α,β-unsaturated/α-hetero) is 1. The Morgan fingerprint density at radius 1 is 0.844 bits per heavy atom. The normalized spacial score (nSPS) is 11.5. The maximum atomic E-state index is 13.3. The van der Waals surface area contributed by atoms with Gasteiger partial charge in [-0.1, -0.05) is 85.1 Å². The highest BCUT2D eigenvalue weighted by molar-refractivity contribution is 5.80. The third-order valence-electron chi connectivity index (χ3n) is 5.59. The molecule has 1 atom stereocenters. The largest absolute Gasteiger partial charge is 0.324 e. The minimum Gasteiger partial charge on any atom is -0.324 e. The minimum atomic E-state index is -0.244. The van der Waals surface area contributed by atoms with Crippen LogP contribution in [0, 0.1) is 17.6 Å². The highest BCUT2D eigenvalue weighted by Crippen LogP contribution is 2.42. The molecule has 2 nitrogen and oxygen atoms in total. The van der Waals surface area contributed by atoms with Gasteiger partial charge in [-0.25, -0.2) is 8.78 Å². The van der Waals surface area contributed by atoms with E-state index in [1.165, 1.54) is 30.7 Å². The van der Waals surface area contributed by atoms with Crippen molar-refractivity contribution in [2.75, 3.05) is 6.54 Å². The molecule has 1 unspecified atom stereocenters. The summed E-state index contributed by atoms with van der Waals surface area (Å²) in [5, 5.41) is 0. The molecule has 2 rings (SSSR count). The lowest BCUT2D eigenvalue weighted by molar-refractivity contribution is -0.117. The second-order valence-corrected chi connectivity index (χ2v) is 8.31. The molecule has 0 aromatic heterocycles. The fourth-order valence-corrected chi connectivity index (χ4v) is 3.86. The summed E-state index contributed by atoms with van der Waals surface area (Å²) in [6, 6.07) is 13.5. The zero-order valence-corrected chi connectivity index (χ0v) is 20.9. The summed E-state index contributed by atoms with van der Waals surface area (Å²) in [4.78, 5) is 10.3. The van der Waals surface area contributed by atoms with Gasteiger partial charge in [-0.15, -0.1) is 0 Å². The number of carbonyl (C=O) groups excluding carboxylic acids is 1. The van der Waals surface area contributed by atoms with Crippen LogP contribution in [-0.4, -0.2) is 12.3 Å². The Kier molecular flexibility index (Phi) is 15.5. The molecule has 0 aliphatic heterocycles. The molecule has 0 aliphatic carbocycles. The molecule has 0 aliphatic rings. The third kappa shape index (κ3) is 9.60. The first-order valence-corrected chi connectivity index (χ1v) is 12.0. The second kappa shape index (κ2) is 16.5. The molecule has 0 radical (unpaired) electrons. The zero-order chi connectivity index (χ0) is 24.6. The fourth-order valence-electron chi connectivity index (χ4n) is 3.86. The third-order valence-corrected chi connectivity index (χ3v) is 5.59. The van der Waals surface area contributed by atoms with Crippen molar-refractivity contribution in [2.45, 2.75) is 85.5 Å². The van der Waals surface area contributed by atoms with Crippen molar-refractivity contribution in [3.63, 3.8) is 0 Å². The number of hydrogen-bond donors (Lipinski definition) is 1. The molecule has 0 heterocycles. The van der Waals surface area contributed by atoms with Crippen molar-refractivity contribution in [3.8, 4) is 0 Å². The Morgan fingerprint density at radius 3 is 1.50 bits per heavy atom. The molecule has 180 valence electrons. The van der Waals surface area contributed by atoms with E-state index in [1.807, 2.05) is 31.2 Å². The van der Waals surface area contributed by atoms with Crippen LogP contribution in [0.4, 0.5) is 8.78 Å². The Labute approximate surface area is 194 Å². The van der Waals surface area contributed by atoms with E-state index in [1.54, 1.807) is 0 Å². The molecule has 0 spiro atoms. The Morgan fingerprint density at radius 2 is 1.25 bits per heavy atom. The van der Waals surface area contributed by atoms with Gasteiger partial charge < -0.3 is 5.73 Å². The van der Waals surface area contributed by atoms with Gasteiger partial charge in [0.25, 0.3) is 0 Å². The average molecular weight is 448 g/mol. The van der Waals surface area contributed by atoms with Crippen molar-refractivity contribution in [1.29, 1.82) is 0 Å². The summed E-state index contributed by atoms with van der Waals surface area (Å²) in [6.45, 7) is 13.0. The quantitative estimate of drug-likeness (QED) is 0.425. The molecular formula is C28H43F2NO. The SMILES string of the molecule is CCC.CCCC(=O)CN.CCCC(CC)C(C)(c1ccc(F)cc1)c1ccc(F)cc1. The summed E-state index contributed by atoms with van der Waals surface area (Å²) in [6.07, 6.45) is 6.00. The van der Waals surface area contributed by atoms with Crippen molar-refractivity contribution >= 4 is 5.78 Å². The van der Waals surface area contributed by atoms with Crippen LogP contribution in [0.2, 0.25) is 0 Å². The van der Waals surface area contributed by atoms with E-state index in [9.17, 15) is 13.6 Å². The lowest BCUT2D eigenvalue weighted by atomic mass is 9.65. The summed E-state index contributed by atoms with van der Waals surface area (Å²) in [5.41, 5.74) is 6.93. The average Bonchev–Trinajstić information content (AvgIpc) is 2.79. The first-order chi connectivity index (χ1) is 15.2. The maximum Gasteiger partial charge on any atom is 0.146 e. The van der Waals surface area contributed by atoms with Crippen molar-refractivity contribution in [1.82, 2.24) is 0 Å². The molecule has 4 heteroatoms. The zero-order valence-electron chi connectivity index (χ0n) is 20.9. The van der Waals surface area contributed by atoms with Crippen LogP contribution in [0.25, 0.3) is 0 Å². The second-order valence-electron chi connectivity index (χ2n) is 8.31. The number of carbonyl (C=O) groups is 1. The van der Waals surface area contributed by atoms with Crippen LogP contribution in [0.1, 0.15) is 91.2 Å². The van der Waals surface area contributed by atoms with Crippen LogP contribution in [0.3, 0.4) is 0 Å². The Bertz CT molecular complexity index is 696. The molecule has 0 fully saturated rings. The van der Waals surface area contributed by atoms with Gasteiger partial charge in [-0.3, -0.25) is 4.79 Å². The van der Waals surface area contributed by atoms with Crippen LogP contribution in [0.15, 0.2) is 48.5 Å². The molecule has 0 saturated carbocycles. The Hall–Kier alpha value is -2.07. The van der Waals surface area contributed by atoms with Gasteiger partial charge in [0.15, 0.2) is 0 Å². The molecule has 2 aromatic carbocycles. The number of halogens is 2. The highest BCUT2D eigenvalue weighted by Gasteiger charge is 2.36. The molecule has 0 amide bonds. The molecule has 0 bridgehead atoms. The predicted octanol–water partition coefficient (Wildman–Crippen LogP) is 7.83. The topological polar surface area (TPSA) is 43.1 Å². The first-order valence-electron chi connectivity index (χ1n) is 12.0. The molecule has 2 N–H and O–H groups in total. The van der Waals surface area contributed by atoms with Crippen molar-refractivity contribution < 1.29 is 13.6 Å². The number of hydrogen-bond acceptors (Lipinski definition) is 2. The molecular weight excluding hydrogens is 404 g/mol. The standard InChI is InChI=1S/C20H24F2.C5H11NO.C3H8/c1-4-6-15(5-2)20(3,16-7-11-18(21)12-8-16)17-9-13-19(22)14-10-17;1-2-3-5(7)4-6;1-3-2/h7-15H,4-6H2,1-3H3;2-4,6H2,1H3;3H2,1-2H3. The van der Waals surface area contributed by atoms with Gasteiger partial charge in [0.2, 0.25) is 0 Å².